The molecule has 0 aliphatic carbocycles. The smallest absolute Gasteiger partial charge is 0.282 e. The summed E-state index contributed by atoms with van der Waals surface area (Å²) < 4.78 is 5.91. The fraction of sp³-hybridized carbons (Fsp3) is 0.381. The molecular formula is C21H22ClN3O4. The molecule has 29 heavy (non-hydrogen) atoms. The fourth-order valence-corrected chi connectivity index (χ4v) is 4.03. The van der Waals surface area contributed by atoms with E-state index >= 15 is 0 Å². The molecule has 1 amide bonds. The van der Waals surface area contributed by atoms with Gasteiger partial charge in [-0.25, -0.2) is 0 Å². The lowest BCUT2D eigenvalue weighted by Crippen LogP contribution is -2.38. The van der Waals surface area contributed by atoms with Crippen LogP contribution in [0.25, 0.3) is 0 Å². The molecule has 152 valence electrons. The van der Waals surface area contributed by atoms with Gasteiger partial charge in [0.15, 0.2) is 0 Å². The highest BCUT2D eigenvalue weighted by Gasteiger charge is 2.29. The maximum absolute atomic E-state index is 12.9. The van der Waals surface area contributed by atoms with Crippen molar-refractivity contribution in [1.29, 1.82) is 0 Å². The highest BCUT2D eigenvalue weighted by molar-refractivity contribution is 6.30. The second-order valence-electron chi connectivity index (χ2n) is 7.31. The first kappa shape index (κ1) is 19.7. The van der Waals surface area contributed by atoms with Crippen LogP contribution in [0.15, 0.2) is 42.5 Å². The summed E-state index contributed by atoms with van der Waals surface area (Å²) in [4.78, 5) is 27.7. The Morgan fingerprint density at radius 2 is 1.83 bits per heavy atom. The average molecular weight is 416 g/mol. The quantitative estimate of drug-likeness (QED) is 0.556. The van der Waals surface area contributed by atoms with Gasteiger partial charge in [-0.2, -0.15) is 0 Å². The molecule has 2 aliphatic rings. The minimum atomic E-state index is -0.483. The molecule has 2 heterocycles. The van der Waals surface area contributed by atoms with Gasteiger partial charge in [-0.05, 0) is 42.7 Å². The summed E-state index contributed by atoms with van der Waals surface area (Å²) in [5.74, 6) is -0.265. The molecule has 0 radical (unpaired) electrons. The first-order chi connectivity index (χ1) is 14.0. The third kappa shape index (κ3) is 4.21. The van der Waals surface area contributed by atoms with E-state index in [1.165, 1.54) is 6.07 Å². The van der Waals surface area contributed by atoms with Crippen LogP contribution in [0.2, 0.25) is 5.02 Å². The molecule has 0 N–H and O–H groups in total. The Morgan fingerprint density at radius 1 is 1.10 bits per heavy atom. The number of nitro benzene ring substituents is 1. The number of likely N-dealkylation sites (tertiary alicyclic amines) is 1. The first-order valence-electron chi connectivity index (χ1n) is 9.72. The molecule has 2 aromatic rings. The summed E-state index contributed by atoms with van der Waals surface area (Å²) in [6, 6.07) is 12.3. The van der Waals surface area contributed by atoms with Crippen LogP contribution in [-0.2, 0) is 4.74 Å². The molecule has 1 unspecified atom stereocenters. The van der Waals surface area contributed by atoms with Crippen LogP contribution in [0.4, 0.5) is 11.4 Å². The second kappa shape index (κ2) is 8.39. The number of anilines is 1. The minimum absolute atomic E-state index is 0.131. The van der Waals surface area contributed by atoms with Gasteiger partial charge in [0.05, 0.1) is 11.5 Å². The fourth-order valence-electron chi connectivity index (χ4n) is 3.90. The van der Waals surface area contributed by atoms with Crippen LogP contribution in [0.3, 0.4) is 0 Å². The van der Waals surface area contributed by atoms with E-state index in [0.29, 0.717) is 37.8 Å². The van der Waals surface area contributed by atoms with Crippen molar-refractivity contribution in [1.82, 2.24) is 4.90 Å². The number of ether oxygens (including phenoxy) is 1. The van der Waals surface area contributed by atoms with Crippen molar-refractivity contribution in [2.75, 3.05) is 37.7 Å². The van der Waals surface area contributed by atoms with Crippen molar-refractivity contribution in [2.24, 2.45) is 0 Å². The van der Waals surface area contributed by atoms with E-state index in [-0.39, 0.29) is 23.3 Å². The van der Waals surface area contributed by atoms with Gasteiger partial charge in [0.1, 0.15) is 11.7 Å². The van der Waals surface area contributed by atoms with Gasteiger partial charge in [-0.15, -0.1) is 0 Å². The van der Waals surface area contributed by atoms with Crippen molar-refractivity contribution < 1.29 is 14.5 Å². The molecule has 2 saturated heterocycles. The number of hydrogen-bond acceptors (Lipinski definition) is 5. The number of hydrogen-bond donors (Lipinski definition) is 0. The summed E-state index contributed by atoms with van der Waals surface area (Å²) in [6.45, 7) is 3.07. The molecule has 2 aliphatic heterocycles. The number of nitro groups is 1. The Kier molecular flexibility index (Phi) is 5.69. The zero-order valence-corrected chi connectivity index (χ0v) is 16.7. The predicted octanol–water partition coefficient (Wildman–Crippen LogP) is 4.06. The van der Waals surface area contributed by atoms with Crippen LogP contribution in [0.1, 0.15) is 34.9 Å². The standard InChI is InChI=1S/C21H22ClN3O4/c22-16-5-3-15(4-6-16)20-14-24(11-12-29-20)17-7-8-19(25(27)28)18(13-17)21(26)23-9-1-2-10-23/h3-8,13,20H,1-2,9-12,14H2. The van der Waals surface area contributed by atoms with Gasteiger partial charge in [-0.1, -0.05) is 23.7 Å². The topological polar surface area (TPSA) is 75.9 Å². The Bertz CT molecular complexity index is 913. The summed E-state index contributed by atoms with van der Waals surface area (Å²) >= 11 is 5.97. The van der Waals surface area contributed by atoms with Gasteiger partial charge >= 0.3 is 0 Å². The van der Waals surface area contributed by atoms with Crippen molar-refractivity contribution >= 4 is 28.9 Å². The van der Waals surface area contributed by atoms with Gasteiger partial charge in [0.2, 0.25) is 0 Å². The Labute approximate surface area is 174 Å². The Morgan fingerprint density at radius 3 is 2.52 bits per heavy atom. The lowest BCUT2D eigenvalue weighted by molar-refractivity contribution is -0.385. The van der Waals surface area contributed by atoms with Crippen LogP contribution in [0, 0.1) is 10.1 Å². The number of amides is 1. The van der Waals surface area contributed by atoms with E-state index in [9.17, 15) is 14.9 Å². The largest absolute Gasteiger partial charge is 0.370 e. The number of nitrogens with zero attached hydrogens (tertiary/aromatic N) is 3. The Balaban J connectivity index is 1.60. The van der Waals surface area contributed by atoms with Gasteiger partial charge in [0.25, 0.3) is 11.6 Å². The highest BCUT2D eigenvalue weighted by atomic mass is 35.5. The summed E-state index contributed by atoms with van der Waals surface area (Å²) in [5, 5.41) is 12.2. The van der Waals surface area contributed by atoms with E-state index in [1.54, 1.807) is 17.0 Å². The van der Waals surface area contributed by atoms with Crippen molar-refractivity contribution in [2.45, 2.75) is 18.9 Å². The summed E-state index contributed by atoms with van der Waals surface area (Å²) in [6.07, 6.45) is 1.74. The zero-order valence-electron chi connectivity index (χ0n) is 15.9. The summed E-state index contributed by atoms with van der Waals surface area (Å²) in [7, 11) is 0. The molecule has 0 spiro atoms. The van der Waals surface area contributed by atoms with Crippen LogP contribution in [-0.4, -0.2) is 48.5 Å². The molecule has 1 atom stereocenters. The van der Waals surface area contributed by atoms with Crippen LogP contribution < -0.4 is 4.90 Å². The van der Waals surface area contributed by atoms with Gasteiger partial charge < -0.3 is 14.5 Å². The third-order valence-corrected chi connectivity index (χ3v) is 5.73. The summed E-state index contributed by atoms with van der Waals surface area (Å²) in [5.41, 5.74) is 1.83. The molecule has 2 fully saturated rings. The van der Waals surface area contributed by atoms with Crippen molar-refractivity contribution in [3.8, 4) is 0 Å². The number of benzene rings is 2. The monoisotopic (exact) mass is 415 g/mol. The third-order valence-electron chi connectivity index (χ3n) is 5.47. The number of carbonyl (C=O) groups is 1. The van der Waals surface area contributed by atoms with E-state index < -0.39 is 4.92 Å². The minimum Gasteiger partial charge on any atom is -0.370 e. The molecule has 0 saturated carbocycles. The highest BCUT2D eigenvalue weighted by Crippen LogP contribution is 2.31. The van der Waals surface area contributed by atoms with Gasteiger partial charge in [-0.3, -0.25) is 14.9 Å². The van der Waals surface area contributed by atoms with E-state index in [0.717, 1.165) is 24.1 Å². The van der Waals surface area contributed by atoms with Gasteiger partial charge in [0, 0.05) is 43.0 Å². The van der Waals surface area contributed by atoms with Crippen LogP contribution in [0.5, 0.6) is 0 Å². The average Bonchev–Trinajstić information content (AvgIpc) is 3.28. The molecular weight excluding hydrogens is 394 g/mol. The van der Waals surface area contributed by atoms with E-state index in [4.69, 9.17) is 16.3 Å². The zero-order chi connectivity index (χ0) is 20.4. The SMILES string of the molecule is O=C(c1cc(N2CCOC(c3ccc(Cl)cc3)C2)ccc1[N+](=O)[O-])N1CCCC1. The molecule has 8 heteroatoms. The number of halogens is 1. The number of rotatable bonds is 4. The predicted molar refractivity (Wildman–Crippen MR) is 111 cm³/mol. The van der Waals surface area contributed by atoms with E-state index in [2.05, 4.69) is 4.90 Å². The maximum Gasteiger partial charge on any atom is 0.282 e. The molecule has 4 rings (SSSR count). The molecule has 7 nitrogen and oxygen atoms in total. The molecule has 0 bridgehead atoms. The lowest BCUT2D eigenvalue weighted by atomic mass is 10.1. The second-order valence-corrected chi connectivity index (χ2v) is 7.75. The normalized spacial score (nSPS) is 19.4. The first-order valence-corrected chi connectivity index (χ1v) is 10.1. The maximum atomic E-state index is 12.9. The number of carbonyl (C=O) groups excluding carboxylic acids is 1. The van der Waals surface area contributed by atoms with Crippen molar-refractivity contribution in [3.05, 3.63) is 68.7 Å². The lowest BCUT2D eigenvalue weighted by Gasteiger charge is -2.35. The molecule has 0 aromatic heterocycles. The van der Waals surface area contributed by atoms with Crippen LogP contribution >= 0.6 is 11.6 Å². The Hall–Kier alpha value is -2.64. The number of morpholine rings is 1. The van der Waals surface area contributed by atoms with Crippen molar-refractivity contribution in [3.63, 3.8) is 0 Å². The molecule has 2 aromatic carbocycles. The van der Waals surface area contributed by atoms with E-state index in [1.807, 2.05) is 24.3 Å².